The first-order valence-electron chi connectivity index (χ1n) is 15.9. The number of aromatic nitrogens is 3. The third kappa shape index (κ3) is 4.53. The number of rotatable bonds is 7. The fourth-order valence-electron chi connectivity index (χ4n) is 9.36. The van der Waals surface area contributed by atoms with Gasteiger partial charge in [0.15, 0.2) is 5.69 Å². The first kappa shape index (κ1) is 27.6. The standard InChI is InChI=1S/C34H42N4O4/c1-34(2)22-14-13-21(26(34)17-22)15-16-36-23-7-5-8-24(36)19-25(18-23)38-28-10-4-3-9-27(28)35-32(33(38)42)29-11-6-12-30(39)37(29)20-31(40)41/h3-4,6,9-12,21-26H,5,7-8,13-20H2,1-2H3,(H,40,41)/t21-,22-,23?,24?,25?,26-/m0/s1. The van der Waals surface area contributed by atoms with Crippen LogP contribution in [0.5, 0.6) is 0 Å². The van der Waals surface area contributed by atoms with Crippen molar-refractivity contribution in [2.24, 2.45) is 23.2 Å². The molecule has 4 heterocycles. The molecule has 2 aromatic heterocycles. The van der Waals surface area contributed by atoms with Crippen LogP contribution in [0.25, 0.3) is 22.4 Å². The fraction of sp³-hybridized carbons (Fsp3) is 0.588. The van der Waals surface area contributed by atoms with Crippen LogP contribution < -0.4 is 11.1 Å². The molecule has 1 N–H and O–H groups in total. The second-order valence-corrected chi connectivity index (χ2v) is 13.9. The zero-order valence-corrected chi connectivity index (χ0v) is 24.7. The second kappa shape index (κ2) is 10.5. The molecule has 5 fully saturated rings. The van der Waals surface area contributed by atoms with Crippen LogP contribution in [-0.2, 0) is 11.3 Å². The molecule has 0 radical (unpaired) electrons. The van der Waals surface area contributed by atoms with Crippen molar-refractivity contribution in [3.8, 4) is 11.4 Å². The molecule has 8 heteroatoms. The third-order valence-corrected chi connectivity index (χ3v) is 11.6. The Kier molecular flexibility index (Phi) is 6.87. The molecule has 5 atom stereocenters. The molecule has 8 nitrogen and oxygen atoms in total. The number of benzene rings is 1. The molecule has 3 aromatic rings. The largest absolute Gasteiger partial charge is 0.480 e. The number of hydrogen-bond acceptors (Lipinski definition) is 5. The molecular formula is C34H42N4O4. The summed E-state index contributed by atoms with van der Waals surface area (Å²) in [7, 11) is 0. The quantitative estimate of drug-likeness (QED) is 0.412. The number of pyridine rings is 1. The lowest BCUT2D eigenvalue weighted by Crippen LogP contribution is -2.55. The van der Waals surface area contributed by atoms with Crippen LogP contribution in [0.3, 0.4) is 0 Å². The molecule has 4 bridgehead atoms. The number of nitrogens with zero attached hydrogens (tertiary/aromatic N) is 4. The highest BCUT2D eigenvalue weighted by Gasteiger charge is 2.54. The third-order valence-electron chi connectivity index (χ3n) is 11.6. The summed E-state index contributed by atoms with van der Waals surface area (Å²) in [5.74, 6) is 1.51. The molecule has 2 unspecified atom stereocenters. The maximum Gasteiger partial charge on any atom is 0.323 e. The number of aliphatic carboxylic acids is 1. The van der Waals surface area contributed by atoms with E-state index in [9.17, 15) is 19.5 Å². The zero-order valence-electron chi connectivity index (χ0n) is 24.7. The predicted octanol–water partition coefficient (Wildman–Crippen LogP) is 5.33. The van der Waals surface area contributed by atoms with Gasteiger partial charge in [0.05, 0.1) is 16.7 Å². The van der Waals surface area contributed by atoms with Crippen LogP contribution in [0.4, 0.5) is 0 Å². The van der Waals surface area contributed by atoms with Crippen LogP contribution in [-0.4, -0.2) is 48.7 Å². The lowest BCUT2D eigenvalue weighted by Gasteiger charge is -2.60. The zero-order chi connectivity index (χ0) is 29.2. The Hall–Kier alpha value is -3.26. The summed E-state index contributed by atoms with van der Waals surface area (Å²) >= 11 is 0. The maximum absolute atomic E-state index is 14.3. The van der Waals surface area contributed by atoms with Gasteiger partial charge in [-0.2, -0.15) is 0 Å². The van der Waals surface area contributed by atoms with Gasteiger partial charge in [-0.05, 0) is 99.3 Å². The molecule has 0 amide bonds. The van der Waals surface area contributed by atoms with E-state index in [0.29, 0.717) is 23.0 Å². The van der Waals surface area contributed by atoms with Crippen LogP contribution >= 0.6 is 0 Å². The van der Waals surface area contributed by atoms with Crippen molar-refractivity contribution in [2.75, 3.05) is 6.54 Å². The van der Waals surface area contributed by atoms with Crippen LogP contribution in [0.1, 0.15) is 77.7 Å². The molecule has 2 saturated heterocycles. The first-order chi connectivity index (χ1) is 20.2. The van der Waals surface area contributed by atoms with E-state index >= 15 is 0 Å². The number of fused-ring (bicyclic) bond motifs is 5. The van der Waals surface area contributed by atoms with Crippen molar-refractivity contribution >= 4 is 17.0 Å². The van der Waals surface area contributed by atoms with Gasteiger partial charge in [-0.3, -0.25) is 23.9 Å². The van der Waals surface area contributed by atoms with E-state index in [0.717, 1.165) is 60.1 Å². The van der Waals surface area contributed by atoms with E-state index in [-0.39, 0.29) is 23.0 Å². The van der Waals surface area contributed by atoms with Gasteiger partial charge < -0.3 is 9.67 Å². The summed E-state index contributed by atoms with van der Waals surface area (Å²) in [4.78, 5) is 46.0. The van der Waals surface area contributed by atoms with Gasteiger partial charge >= 0.3 is 5.97 Å². The van der Waals surface area contributed by atoms with Crippen LogP contribution in [0, 0.1) is 23.2 Å². The molecule has 0 spiro atoms. The topological polar surface area (TPSA) is 97.4 Å². The number of carbonyl (C=O) groups is 1. The number of carboxylic acid groups (broad SMARTS) is 1. The van der Waals surface area contributed by atoms with E-state index in [1.807, 2.05) is 28.8 Å². The molecule has 5 aliphatic rings. The Morgan fingerprint density at radius 1 is 0.952 bits per heavy atom. The summed E-state index contributed by atoms with van der Waals surface area (Å²) in [5.41, 5.74) is 1.67. The molecule has 42 heavy (non-hydrogen) atoms. The van der Waals surface area contributed by atoms with Crippen molar-refractivity contribution < 1.29 is 9.90 Å². The van der Waals surface area contributed by atoms with Crippen molar-refractivity contribution in [3.05, 3.63) is 63.2 Å². The predicted molar refractivity (Wildman–Crippen MR) is 162 cm³/mol. The summed E-state index contributed by atoms with van der Waals surface area (Å²) in [6, 6.07) is 13.1. The van der Waals surface area contributed by atoms with Gasteiger partial charge in [0, 0.05) is 24.2 Å². The number of piperidine rings is 2. The van der Waals surface area contributed by atoms with Crippen LogP contribution in [0.15, 0.2) is 52.1 Å². The number of para-hydroxylation sites is 2. The molecule has 2 aliphatic heterocycles. The highest BCUT2D eigenvalue weighted by Crippen LogP contribution is 2.62. The molecule has 3 saturated carbocycles. The van der Waals surface area contributed by atoms with E-state index in [4.69, 9.17) is 4.98 Å². The minimum absolute atomic E-state index is 0.0278. The summed E-state index contributed by atoms with van der Waals surface area (Å²) in [5, 5.41) is 9.48. The minimum atomic E-state index is -1.14. The van der Waals surface area contributed by atoms with E-state index in [1.54, 1.807) is 12.1 Å². The van der Waals surface area contributed by atoms with Crippen molar-refractivity contribution in [3.63, 3.8) is 0 Å². The Morgan fingerprint density at radius 2 is 1.71 bits per heavy atom. The molecular weight excluding hydrogens is 528 g/mol. The second-order valence-electron chi connectivity index (χ2n) is 13.9. The van der Waals surface area contributed by atoms with E-state index < -0.39 is 18.1 Å². The molecule has 1 aromatic carbocycles. The van der Waals surface area contributed by atoms with Gasteiger partial charge in [0.2, 0.25) is 0 Å². The van der Waals surface area contributed by atoms with Gasteiger partial charge in [-0.15, -0.1) is 0 Å². The molecule has 3 aliphatic carbocycles. The van der Waals surface area contributed by atoms with Gasteiger partial charge in [-0.25, -0.2) is 4.98 Å². The van der Waals surface area contributed by atoms with Crippen molar-refractivity contribution in [1.82, 2.24) is 19.0 Å². The average molecular weight is 571 g/mol. The maximum atomic E-state index is 14.3. The smallest absolute Gasteiger partial charge is 0.323 e. The lowest BCUT2D eigenvalue weighted by atomic mass is 9.45. The van der Waals surface area contributed by atoms with E-state index in [1.165, 1.54) is 38.2 Å². The minimum Gasteiger partial charge on any atom is -0.480 e. The summed E-state index contributed by atoms with van der Waals surface area (Å²) in [6.45, 7) is 5.61. The first-order valence-corrected chi connectivity index (χ1v) is 15.9. The monoisotopic (exact) mass is 570 g/mol. The number of carboxylic acids is 1. The normalized spacial score (nSPS) is 30.1. The van der Waals surface area contributed by atoms with Crippen LogP contribution in [0.2, 0.25) is 0 Å². The fourth-order valence-corrected chi connectivity index (χ4v) is 9.36. The van der Waals surface area contributed by atoms with Crippen molar-refractivity contribution in [1.29, 1.82) is 0 Å². The number of hydrogen-bond donors (Lipinski definition) is 1. The Balaban J connectivity index is 1.21. The molecule has 8 rings (SSSR count). The summed E-state index contributed by atoms with van der Waals surface area (Å²) in [6.07, 6.45) is 10.9. The highest BCUT2D eigenvalue weighted by atomic mass is 16.4. The van der Waals surface area contributed by atoms with E-state index in [2.05, 4.69) is 18.7 Å². The highest BCUT2D eigenvalue weighted by molar-refractivity contribution is 5.78. The Morgan fingerprint density at radius 3 is 2.43 bits per heavy atom. The Labute approximate surface area is 246 Å². The average Bonchev–Trinajstić information content (AvgIpc) is 2.96. The van der Waals surface area contributed by atoms with Gasteiger partial charge in [-0.1, -0.05) is 38.5 Å². The van der Waals surface area contributed by atoms with Gasteiger partial charge in [0.25, 0.3) is 11.1 Å². The van der Waals surface area contributed by atoms with Crippen molar-refractivity contribution in [2.45, 2.75) is 96.3 Å². The molecule has 222 valence electrons. The van der Waals surface area contributed by atoms with Gasteiger partial charge in [0.1, 0.15) is 6.54 Å². The Bertz CT molecular complexity index is 1620. The SMILES string of the molecule is CC1(C)[C@H]2CC[C@@H](CCN3C4CCCC3CC(n3c(=O)c(-c5cccc(=O)n5CC(=O)O)nc5ccccc53)C4)[C@@H]1C2. The summed E-state index contributed by atoms with van der Waals surface area (Å²) < 4.78 is 3.06. The lowest BCUT2D eigenvalue weighted by molar-refractivity contribution is -0.137.